The third kappa shape index (κ3) is 3.22. The van der Waals surface area contributed by atoms with Gasteiger partial charge in [0.25, 0.3) is 0 Å². The van der Waals surface area contributed by atoms with Gasteiger partial charge in [0.1, 0.15) is 12.2 Å². The molecule has 0 amide bonds. The Morgan fingerprint density at radius 2 is 2.11 bits per heavy atom. The van der Waals surface area contributed by atoms with E-state index >= 15 is 0 Å². The topological polar surface area (TPSA) is 56.7 Å². The number of rotatable bonds is 4. The highest BCUT2D eigenvalue weighted by molar-refractivity contribution is 9.10. The molecule has 1 heterocycles. The van der Waals surface area contributed by atoms with Crippen molar-refractivity contribution in [3.05, 3.63) is 46.0 Å². The smallest absolute Gasteiger partial charge is 0.138 e. The van der Waals surface area contributed by atoms with E-state index in [0.29, 0.717) is 12.5 Å². The lowest BCUT2D eigenvalue weighted by atomic mass is 9.99. The first-order valence-corrected chi connectivity index (χ1v) is 7.18. The molecule has 1 aromatic carbocycles. The maximum atomic E-state index is 6.31. The number of hydrogen-bond acceptors (Lipinski definition) is 3. The highest BCUT2D eigenvalue weighted by Gasteiger charge is 2.15. The van der Waals surface area contributed by atoms with Crippen LogP contribution in [0.4, 0.5) is 0 Å². The Hall–Kier alpha value is -1.20. The molecule has 4 nitrogen and oxygen atoms in total. The summed E-state index contributed by atoms with van der Waals surface area (Å²) in [5, 5.41) is 4.24. The molecule has 1 unspecified atom stereocenters. The van der Waals surface area contributed by atoms with Gasteiger partial charge in [-0.1, -0.05) is 22.0 Å². The van der Waals surface area contributed by atoms with Crippen molar-refractivity contribution in [2.45, 2.75) is 39.3 Å². The molecule has 0 aliphatic heterocycles. The van der Waals surface area contributed by atoms with Crippen molar-refractivity contribution in [1.82, 2.24) is 14.8 Å². The highest BCUT2D eigenvalue weighted by atomic mass is 79.9. The number of aromatic nitrogens is 3. The standard InChI is InChI=1S/C14H19BrN4/c1-9(2)19-14(17-8-18-19)7-13(16)12-5-4-11(15)6-10(12)3/h4-6,8-9,13H,7,16H2,1-3H3. The summed E-state index contributed by atoms with van der Waals surface area (Å²) in [6.07, 6.45) is 2.29. The van der Waals surface area contributed by atoms with Crippen LogP contribution >= 0.6 is 15.9 Å². The van der Waals surface area contributed by atoms with E-state index in [1.54, 1.807) is 6.33 Å². The zero-order valence-electron chi connectivity index (χ0n) is 11.5. The molecule has 5 heteroatoms. The van der Waals surface area contributed by atoms with Crippen molar-refractivity contribution < 1.29 is 0 Å². The van der Waals surface area contributed by atoms with Crippen molar-refractivity contribution >= 4 is 15.9 Å². The molecule has 0 spiro atoms. The highest BCUT2D eigenvalue weighted by Crippen LogP contribution is 2.23. The molecule has 2 aromatic rings. The van der Waals surface area contributed by atoms with Crippen LogP contribution in [0.1, 0.15) is 42.9 Å². The van der Waals surface area contributed by atoms with E-state index in [-0.39, 0.29) is 6.04 Å². The molecule has 102 valence electrons. The molecule has 2 rings (SSSR count). The zero-order valence-corrected chi connectivity index (χ0v) is 13.1. The fraction of sp³-hybridized carbons (Fsp3) is 0.429. The van der Waals surface area contributed by atoms with Crippen LogP contribution in [0.2, 0.25) is 0 Å². The van der Waals surface area contributed by atoms with Crippen LogP contribution in [0.25, 0.3) is 0 Å². The summed E-state index contributed by atoms with van der Waals surface area (Å²) in [4.78, 5) is 4.31. The van der Waals surface area contributed by atoms with E-state index in [1.165, 1.54) is 5.56 Å². The number of aryl methyl sites for hydroxylation is 1. The lowest BCUT2D eigenvalue weighted by molar-refractivity contribution is 0.493. The Morgan fingerprint density at radius 1 is 1.37 bits per heavy atom. The molecule has 1 aromatic heterocycles. The number of nitrogens with two attached hydrogens (primary N) is 1. The SMILES string of the molecule is Cc1cc(Br)ccc1C(N)Cc1ncnn1C(C)C. The summed E-state index contributed by atoms with van der Waals surface area (Å²) in [7, 11) is 0. The summed E-state index contributed by atoms with van der Waals surface area (Å²) in [6, 6.07) is 6.42. The van der Waals surface area contributed by atoms with E-state index in [2.05, 4.69) is 58.9 Å². The lowest BCUT2D eigenvalue weighted by Gasteiger charge is -2.16. The van der Waals surface area contributed by atoms with Crippen LogP contribution in [-0.2, 0) is 6.42 Å². The average Bonchev–Trinajstić information content (AvgIpc) is 2.76. The van der Waals surface area contributed by atoms with E-state index in [0.717, 1.165) is 15.9 Å². The summed E-state index contributed by atoms with van der Waals surface area (Å²) >= 11 is 3.47. The third-order valence-corrected chi connectivity index (χ3v) is 3.66. The Balaban J connectivity index is 2.21. The fourth-order valence-corrected chi connectivity index (χ4v) is 2.69. The number of benzene rings is 1. The van der Waals surface area contributed by atoms with E-state index in [4.69, 9.17) is 5.73 Å². The maximum Gasteiger partial charge on any atom is 0.138 e. The molecule has 0 fully saturated rings. The Labute approximate surface area is 122 Å². The van der Waals surface area contributed by atoms with Crippen molar-refractivity contribution in [3.63, 3.8) is 0 Å². The van der Waals surface area contributed by atoms with Crippen molar-refractivity contribution in [2.75, 3.05) is 0 Å². The molecule has 0 saturated heterocycles. The summed E-state index contributed by atoms with van der Waals surface area (Å²) in [6.45, 7) is 6.26. The second kappa shape index (κ2) is 5.84. The van der Waals surface area contributed by atoms with Crippen molar-refractivity contribution in [3.8, 4) is 0 Å². The van der Waals surface area contributed by atoms with Crippen LogP contribution in [-0.4, -0.2) is 14.8 Å². The second-order valence-electron chi connectivity index (χ2n) is 5.03. The first kappa shape index (κ1) is 14.2. The maximum absolute atomic E-state index is 6.31. The first-order valence-electron chi connectivity index (χ1n) is 6.39. The molecule has 0 saturated carbocycles. The average molecular weight is 323 g/mol. The number of hydrogen-bond donors (Lipinski definition) is 1. The van der Waals surface area contributed by atoms with Crippen LogP contribution in [0, 0.1) is 6.92 Å². The second-order valence-corrected chi connectivity index (χ2v) is 5.94. The van der Waals surface area contributed by atoms with Gasteiger partial charge < -0.3 is 5.73 Å². The summed E-state index contributed by atoms with van der Waals surface area (Å²) in [5.74, 6) is 0.935. The molecule has 2 N–H and O–H groups in total. The molecule has 0 radical (unpaired) electrons. The summed E-state index contributed by atoms with van der Waals surface area (Å²) in [5.41, 5.74) is 8.66. The molecule has 0 aliphatic carbocycles. The largest absolute Gasteiger partial charge is 0.324 e. The van der Waals surface area contributed by atoms with Gasteiger partial charge in [0.05, 0.1) is 0 Å². The Kier molecular flexibility index (Phi) is 4.37. The van der Waals surface area contributed by atoms with E-state index < -0.39 is 0 Å². The van der Waals surface area contributed by atoms with Gasteiger partial charge >= 0.3 is 0 Å². The third-order valence-electron chi connectivity index (χ3n) is 3.17. The van der Waals surface area contributed by atoms with Crippen LogP contribution in [0.3, 0.4) is 0 Å². The lowest BCUT2D eigenvalue weighted by Crippen LogP contribution is -2.18. The first-order chi connectivity index (χ1) is 8.99. The molecule has 19 heavy (non-hydrogen) atoms. The fourth-order valence-electron chi connectivity index (χ4n) is 2.21. The van der Waals surface area contributed by atoms with Gasteiger partial charge in [-0.3, -0.25) is 0 Å². The van der Waals surface area contributed by atoms with Crippen LogP contribution in [0.5, 0.6) is 0 Å². The van der Waals surface area contributed by atoms with Crippen molar-refractivity contribution in [1.29, 1.82) is 0 Å². The number of nitrogens with zero attached hydrogens (tertiary/aromatic N) is 3. The normalized spacial score (nSPS) is 12.9. The van der Waals surface area contributed by atoms with Gasteiger partial charge in [0.2, 0.25) is 0 Å². The van der Waals surface area contributed by atoms with Crippen LogP contribution in [0.15, 0.2) is 29.0 Å². The zero-order chi connectivity index (χ0) is 14.0. The number of halogens is 1. The van der Waals surface area contributed by atoms with Gasteiger partial charge in [-0.2, -0.15) is 5.10 Å². The van der Waals surface area contributed by atoms with Gasteiger partial charge in [0, 0.05) is 23.0 Å². The summed E-state index contributed by atoms with van der Waals surface area (Å²) < 4.78 is 3.00. The molecule has 0 aliphatic rings. The van der Waals surface area contributed by atoms with Gasteiger partial charge in [-0.25, -0.2) is 9.67 Å². The minimum Gasteiger partial charge on any atom is -0.324 e. The molecular weight excluding hydrogens is 304 g/mol. The van der Waals surface area contributed by atoms with E-state index in [1.807, 2.05) is 10.7 Å². The molecular formula is C14H19BrN4. The van der Waals surface area contributed by atoms with Gasteiger partial charge in [-0.15, -0.1) is 0 Å². The molecule has 1 atom stereocenters. The predicted octanol–water partition coefficient (Wildman–Crippen LogP) is 3.17. The van der Waals surface area contributed by atoms with E-state index in [9.17, 15) is 0 Å². The van der Waals surface area contributed by atoms with Crippen LogP contribution < -0.4 is 5.73 Å². The van der Waals surface area contributed by atoms with Crippen molar-refractivity contribution in [2.24, 2.45) is 5.73 Å². The van der Waals surface area contributed by atoms with Gasteiger partial charge in [0.15, 0.2) is 0 Å². The quantitative estimate of drug-likeness (QED) is 0.940. The predicted molar refractivity (Wildman–Crippen MR) is 79.9 cm³/mol. The monoisotopic (exact) mass is 322 g/mol. The Bertz CT molecular complexity index is 562. The minimum absolute atomic E-state index is 0.0604. The Morgan fingerprint density at radius 3 is 2.74 bits per heavy atom. The molecule has 0 bridgehead atoms. The van der Waals surface area contributed by atoms with Gasteiger partial charge in [-0.05, 0) is 44.0 Å². The minimum atomic E-state index is -0.0604.